The van der Waals surface area contributed by atoms with E-state index in [1.807, 2.05) is 24.4 Å². The molecule has 2 heterocycles. The highest BCUT2D eigenvalue weighted by molar-refractivity contribution is 7.14. The lowest BCUT2D eigenvalue weighted by molar-refractivity contribution is -0.138. The third-order valence-corrected chi connectivity index (χ3v) is 5.61. The third-order valence-electron chi connectivity index (χ3n) is 3.48. The molecule has 0 aromatic carbocycles. The second-order valence-electron chi connectivity index (χ2n) is 4.61. The first-order chi connectivity index (χ1) is 9.09. The Bertz CT molecular complexity index is 653. The number of carboxylic acids is 1. The summed E-state index contributed by atoms with van der Waals surface area (Å²) in [6.45, 7) is 1.91. The predicted octanol–water partition coefficient (Wildman–Crippen LogP) is 3.46. The van der Waals surface area contributed by atoms with Crippen LogP contribution in [0.3, 0.4) is 0 Å². The number of aliphatic carboxylic acids is 1. The van der Waals surface area contributed by atoms with Crippen molar-refractivity contribution in [1.29, 1.82) is 0 Å². The van der Waals surface area contributed by atoms with Crippen LogP contribution < -0.4 is 0 Å². The molecule has 0 saturated heterocycles. The summed E-state index contributed by atoms with van der Waals surface area (Å²) in [5.41, 5.74) is 1.71. The normalized spacial score (nSPS) is 17.4. The largest absolute Gasteiger partial charge is 0.481 e. The molecular weight excluding hydrogens is 280 g/mol. The molecule has 0 fully saturated rings. The highest BCUT2D eigenvalue weighted by Gasteiger charge is 2.35. The summed E-state index contributed by atoms with van der Waals surface area (Å²) in [6, 6.07) is 3.68. The van der Waals surface area contributed by atoms with Crippen molar-refractivity contribution in [3.8, 4) is 0 Å². The standard InChI is InChI=1S/C14H12O3S2/c1-7-11(12(15)10-3-2-6-18-10)8-4-5-9(14(16)17)13(8)19-7/h2-3,6,9H,4-5H2,1H3,(H,16,17). The van der Waals surface area contributed by atoms with E-state index >= 15 is 0 Å². The molecule has 1 aliphatic carbocycles. The molecule has 0 amide bonds. The highest BCUT2D eigenvalue weighted by Crippen LogP contribution is 2.43. The lowest BCUT2D eigenvalue weighted by atomic mass is 10.0. The van der Waals surface area contributed by atoms with Gasteiger partial charge < -0.3 is 5.11 Å². The summed E-state index contributed by atoms with van der Waals surface area (Å²) in [7, 11) is 0. The second kappa shape index (κ2) is 4.58. The van der Waals surface area contributed by atoms with Gasteiger partial charge in [0.25, 0.3) is 0 Å². The van der Waals surface area contributed by atoms with Gasteiger partial charge in [-0.25, -0.2) is 0 Å². The first kappa shape index (κ1) is 12.6. The van der Waals surface area contributed by atoms with Crippen molar-refractivity contribution in [2.45, 2.75) is 25.7 Å². The average Bonchev–Trinajstić information content (AvgIpc) is 3.01. The average molecular weight is 292 g/mol. The van der Waals surface area contributed by atoms with Gasteiger partial charge in [0.1, 0.15) is 0 Å². The van der Waals surface area contributed by atoms with E-state index in [4.69, 9.17) is 0 Å². The molecule has 5 heteroatoms. The summed E-state index contributed by atoms with van der Waals surface area (Å²) in [6.07, 6.45) is 1.31. The van der Waals surface area contributed by atoms with Gasteiger partial charge in [0.2, 0.25) is 5.78 Å². The van der Waals surface area contributed by atoms with Gasteiger partial charge in [0, 0.05) is 15.3 Å². The molecule has 2 aromatic heterocycles. The zero-order valence-corrected chi connectivity index (χ0v) is 11.9. The lowest BCUT2D eigenvalue weighted by Crippen LogP contribution is -2.06. The van der Waals surface area contributed by atoms with Crippen LogP contribution in [0.1, 0.15) is 42.9 Å². The molecule has 98 valence electrons. The van der Waals surface area contributed by atoms with Crippen LogP contribution >= 0.6 is 22.7 Å². The van der Waals surface area contributed by atoms with Crippen molar-refractivity contribution in [3.05, 3.63) is 43.3 Å². The number of rotatable bonds is 3. The smallest absolute Gasteiger partial charge is 0.311 e. The molecule has 1 unspecified atom stereocenters. The van der Waals surface area contributed by atoms with Crippen molar-refractivity contribution in [2.75, 3.05) is 0 Å². The molecule has 0 aliphatic heterocycles. The fraction of sp³-hybridized carbons (Fsp3) is 0.286. The number of carbonyl (C=O) groups excluding carboxylic acids is 1. The molecule has 2 aromatic rings. The molecule has 0 saturated carbocycles. The Kier molecular flexibility index (Phi) is 3.03. The van der Waals surface area contributed by atoms with E-state index in [1.165, 1.54) is 22.7 Å². The molecule has 1 N–H and O–H groups in total. The van der Waals surface area contributed by atoms with Crippen LogP contribution in [0.4, 0.5) is 0 Å². The van der Waals surface area contributed by atoms with Crippen LogP contribution in [0.25, 0.3) is 0 Å². The first-order valence-electron chi connectivity index (χ1n) is 6.02. The van der Waals surface area contributed by atoms with Gasteiger partial charge in [-0.1, -0.05) is 6.07 Å². The van der Waals surface area contributed by atoms with Gasteiger partial charge >= 0.3 is 5.97 Å². The molecule has 3 rings (SSSR count). The highest BCUT2D eigenvalue weighted by atomic mass is 32.1. The van der Waals surface area contributed by atoms with Gasteiger partial charge in [-0.2, -0.15) is 0 Å². The van der Waals surface area contributed by atoms with E-state index in [9.17, 15) is 14.7 Å². The Labute approximate surface area is 118 Å². The van der Waals surface area contributed by atoms with Gasteiger partial charge in [-0.05, 0) is 36.8 Å². The van der Waals surface area contributed by atoms with Gasteiger partial charge in [-0.3, -0.25) is 9.59 Å². The van der Waals surface area contributed by atoms with Crippen LogP contribution in [0.15, 0.2) is 17.5 Å². The number of aryl methyl sites for hydroxylation is 1. The maximum Gasteiger partial charge on any atom is 0.311 e. The number of hydrogen-bond acceptors (Lipinski definition) is 4. The Balaban J connectivity index is 2.07. The summed E-state index contributed by atoms with van der Waals surface area (Å²) < 4.78 is 0. The number of fused-ring (bicyclic) bond motifs is 1. The lowest BCUT2D eigenvalue weighted by Gasteiger charge is -2.01. The van der Waals surface area contributed by atoms with E-state index < -0.39 is 11.9 Å². The molecule has 0 bridgehead atoms. The SMILES string of the molecule is Cc1sc2c(c1C(=O)c1cccs1)CCC2C(=O)O. The second-order valence-corrected chi connectivity index (χ2v) is 6.82. The zero-order chi connectivity index (χ0) is 13.6. The summed E-state index contributed by atoms with van der Waals surface area (Å²) >= 11 is 2.90. The quantitative estimate of drug-likeness (QED) is 0.881. The molecule has 19 heavy (non-hydrogen) atoms. The maximum absolute atomic E-state index is 12.5. The first-order valence-corrected chi connectivity index (χ1v) is 7.72. The monoisotopic (exact) mass is 292 g/mol. The van der Waals surface area contributed by atoms with Gasteiger partial charge in [0.15, 0.2) is 0 Å². The Morgan fingerprint density at radius 3 is 2.84 bits per heavy atom. The number of carbonyl (C=O) groups is 2. The topological polar surface area (TPSA) is 54.4 Å². The van der Waals surface area contributed by atoms with Gasteiger partial charge in [-0.15, -0.1) is 22.7 Å². The summed E-state index contributed by atoms with van der Waals surface area (Å²) in [4.78, 5) is 26.2. The molecule has 3 nitrogen and oxygen atoms in total. The van der Waals surface area contributed by atoms with Crippen LogP contribution in [0.2, 0.25) is 0 Å². The van der Waals surface area contributed by atoms with E-state index in [0.717, 1.165) is 25.8 Å². The van der Waals surface area contributed by atoms with Crippen molar-refractivity contribution in [2.24, 2.45) is 0 Å². The number of thiophene rings is 2. The minimum Gasteiger partial charge on any atom is -0.481 e. The van der Waals surface area contributed by atoms with Crippen molar-refractivity contribution < 1.29 is 14.7 Å². The van der Waals surface area contributed by atoms with E-state index in [-0.39, 0.29) is 5.78 Å². The van der Waals surface area contributed by atoms with E-state index in [1.54, 1.807) is 0 Å². The molecule has 1 aliphatic rings. The number of ketones is 1. The van der Waals surface area contributed by atoms with Crippen LogP contribution in [-0.4, -0.2) is 16.9 Å². The van der Waals surface area contributed by atoms with Crippen LogP contribution in [-0.2, 0) is 11.2 Å². The Morgan fingerprint density at radius 2 is 2.21 bits per heavy atom. The van der Waals surface area contributed by atoms with Gasteiger partial charge in [0.05, 0.1) is 10.8 Å². The summed E-state index contributed by atoms with van der Waals surface area (Å²) in [5, 5.41) is 11.1. The van der Waals surface area contributed by atoms with Crippen molar-refractivity contribution in [1.82, 2.24) is 0 Å². The summed E-state index contributed by atoms with van der Waals surface area (Å²) in [5.74, 6) is -1.17. The van der Waals surface area contributed by atoms with E-state index in [0.29, 0.717) is 12.8 Å². The molecular formula is C14H12O3S2. The fourth-order valence-corrected chi connectivity index (χ4v) is 4.63. The minimum atomic E-state index is -0.782. The molecule has 0 radical (unpaired) electrons. The van der Waals surface area contributed by atoms with Crippen LogP contribution in [0, 0.1) is 6.92 Å². The Hall–Kier alpha value is -1.46. The van der Waals surface area contributed by atoms with E-state index in [2.05, 4.69) is 0 Å². The third kappa shape index (κ3) is 1.93. The number of carboxylic acid groups (broad SMARTS) is 1. The zero-order valence-electron chi connectivity index (χ0n) is 10.3. The molecule has 0 spiro atoms. The molecule has 1 atom stereocenters. The van der Waals surface area contributed by atoms with Crippen LogP contribution in [0.5, 0.6) is 0 Å². The van der Waals surface area contributed by atoms with Crippen molar-refractivity contribution in [3.63, 3.8) is 0 Å². The maximum atomic E-state index is 12.5. The Morgan fingerprint density at radius 1 is 1.42 bits per heavy atom. The minimum absolute atomic E-state index is 0.0380. The number of hydrogen-bond donors (Lipinski definition) is 1. The fourth-order valence-electron chi connectivity index (χ4n) is 2.63. The van der Waals surface area contributed by atoms with Crippen molar-refractivity contribution >= 4 is 34.4 Å². The predicted molar refractivity (Wildman–Crippen MR) is 75.5 cm³/mol.